The van der Waals surface area contributed by atoms with Gasteiger partial charge in [-0.25, -0.2) is 10.2 Å². The molecule has 0 saturated heterocycles. The molecular weight excluding hydrogens is 330 g/mol. The molecule has 6 heteroatoms. The lowest BCUT2D eigenvalue weighted by Gasteiger charge is -2.34. The van der Waals surface area contributed by atoms with E-state index in [0.29, 0.717) is 23.8 Å². The molecule has 0 spiro atoms. The van der Waals surface area contributed by atoms with E-state index in [2.05, 4.69) is 36.6 Å². The molecule has 140 valence electrons. The summed E-state index contributed by atoms with van der Waals surface area (Å²) >= 11 is 0. The molecule has 3 rings (SSSR count). The Morgan fingerprint density at radius 2 is 1.92 bits per heavy atom. The van der Waals surface area contributed by atoms with Gasteiger partial charge in [0.25, 0.3) is 5.91 Å². The van der Waals surface area contributed by atoms with E-state index in [0.717, 1.165) is 18.6 Å². The molecular formula is C20H27N3O3. The lowest BCUT2D eigenvalue weighted by molar-refractivity contribution is 0.0954. The lowest BCUT2D eigenvalue weighted by atomic mass is 9.70. The van der Waals surface area contributed by atoms with Gasteiger partial charge in [-0.3, -0.25) is 10.1 Å². The molecule has 0 unspecified atom stereocenters. The van der Waals surface area contributed by atoms with Crippen molar-refractivity contribution in [3.8, 4) is 0 Å². The zero-order valence-electron chi connectivity index (χ0n) is 15.9. The topological polar surface area (TPSA) is 79.8 Å². The lowest BCUT2D eigenvalue weighted by Crippen LogP contribution is -2.34. The van der Waals surface area contributed by atoms with E-state index in [4.69, 9.17) is 4.74 Å². The monoisotopic (exact) mass is 357 g/mol. The van der Waals surface area contributed by atoms with Crippen molar-refractivity contribution in [2.75, 3.05) is 11.9 Å². The number of carbonyl (C=O) groups excluding carboxylic acids is 2. The first-order chi connectivity index (χ1) is 12.3. The minimum absolute atomic E-state index is 0.0678. The van der Waals surface area contributed by atoms with E-state index in [1.165, 1.54) is 6.42 Å². The van der Waals surface area contributed by atoms with Gasteiger partial charge < -0.3 is 4.74 Å². The van der Waals surface area contributed by atoms with Crippen LogP contribution in [0.2, 0.25) is 0 Å². The standard InChI is InChI=1S/C20H27N3O3/c1-5-26-18(25)21-15-8-6-13(7-9-15)17(24)23-22-16-12-14-10-11-20(16,4)19(14,2)3/h6-9,14H,5,10-12H2,1-4H3,(H,21,25)(H,23,24)/b22-16-/t14-,20+/m1/s1. The molecule has 2 atom stereocenters. The fourth-order valence-electron chi connectivity index (χ4n) is 4.27. The zero-order chi connectivity index (χ0) is 18.9. The van der Waals surface area contributed by atoms with Crippen LogP contribution in [0.5, 0.6) is 0 Å². The van der Waals surface area contributed by atoms with Crippen LogP contribution in [-0.2, 0) is 4.74 Å². The van der Waals surface area contributed by atoms with Crippen LogP contribution in [0.4, 0.5) is 10.5 Å². The third-order valence-corrected chi connectivity index (χ3v) is 6.47. The summed E-state index contributed by atoms with van der Waals surface area (Å²) in [6.45, 7) is 8.94. The number of hydrazone groups is 1. The Kier molecular flexibility index (Phi) is 4.78. The third kappa shape index (κ3) is 3.08. The van der Waals surface area contributed by atoms with Crippen LogP contribution in [0.3, 0.4) is 0 Å². The normalized spacial score (nSPS) is 27.4. The number of anilines is 1. The molecule has 6 nitrogen and oxygen atoms in total. The molecule has 2 aliphatic rings. The number of benzene rings is 1. The molecule has 0 aliphatic heterocycles. The SMILES string of the molecule is CCOC(=O)Nc1ccc(C(=O)N/N=C2/C[C@H]3CC[C@]2(C)C3(C)C)cc1. The summed E-state index contributed by atoms with van der Waals surface area (Å²) in [5, 5.41) is 7.07. The Morgan fingerprint density at radius 3 is 2.46 bits per heavy atom. The van der Waals surface area contributed by atoms with Crippen LogP contribution in [0.1, 0.15) is 57.3 Å². The smallest absolute Gasteiger partial charge is 0.411 e. The second-order valence-electron chi connectivity index (χ2n) is 7.92. The highest BCUT2D eigenvalue weighted by molar-refractivity contribution is 5.98. The molecule has 2 saturated carbocycles. The zero-order valence-corrected chi connectivity index (χ0v) is 15.9. The summed E-state index contributed by atoms with van der Waals surface area (Å²) in [6.07, 6.45) is 2.83. The highest BCUT2D eigenvalue weighted by Crippen LogP contribution is 2.63. The van der Waals surface area contributed by atoms with Gasteiger partial charge in [0.2, 0.25) is 0 Å². The fourth-order valence-corrected chi connectivity index (χ4v) is 4.27. The van der Waals surface area contributed by atoms with Crippen LogP contribution in [0.25, 0.3) is 0 Å². The van der Waals surface area contributed by atoms with E-state index in [-0.39, 0.29) is 16.7 Å². The molecule has 0 radical (unpaired) electrons. The summed E-state index contributed by atoms with van der Waals surface area (Å²) in [4.78, 5) is 23.8. The van der Waals surface area contributed by atoms with Crippen molar-refractivity contribution in [3.63, 3.8) is 0 Å². The maximum Gasteiger partial charge on any atom is 0.411 e. The van der Waals surface area contributed by atoms with Crippen LogP contribution < -0.4 is 10.7 Å². The summed E-state index contributed by atoms with van der Waals surface area (Å²) in [6, 6.07) is 6.65. The van der Waals surface area contributed by atoms with Crippen LogP contribution in [0.15, 0.2) is 29.4 Å². The Hall–Kier alpha value is -2.37. The van der Waals surface area contributed by atoms with Crippen molar-refractivity contribution in [2.45, 2.75) is 47.0 Å². The van der Waals surface area contributed by atoms with Gasteiger partial charge in [0, 0.05) is 22.4 Å². The van der Waals surface area contributed by atoms with E-state index in [1.807, 2.05) is 0 Å². The Morgan fingerprint density at radius 1 is 1.23 bits per heavy atom. The van der Waals surface area contributed by atoms with Crippen molar-refractivity contribution >= 4 is 23.4 Å². The first-order valence-corrected chi connectivity index (χ1v) is 9.19. The maximum atomic E-state index is 12.4. The third-order valence-electron chi connectivity index (χ3n) is 6.47. The molecule has 2 bridgehead atoms. The fraction of sp³-hybridized carbons (Fsp3) is 0.550. The van der Waals surface area contributed by atoms with E-state index >= 15 is 0 Å². The Balaban J connectivity index is 1.63. The minimum Gasteiger partial charge on any atom is -0.450 e. The first-order valence-electron chi connectivity index (χ1n) is 9.19. The van der Waals surface area contributed by atoms with Gasteiger partial charge >= 0.3 is 6.09 Å². The second-order valence-corrected chi connectivity index (χ2v) is 7.92. The molecule has 2 amide bonds. The highest BCUT2D eigenvalue weighted by Gasteiger charge is 2.60. The number of ether oxygens (including phenoxy) is 1. The summed E-state index contributed by atoms with van der Waals surface area (Å²) in [5.74, 6) is 0.403. The van der Waals surface area contributed by atoms with Crippen molar-refractivity contribution in [1.82, 2.24) is 5.43 Å². The quantitative estimate of drug-likeness (QED) is 0.793. The molecule has 1 aromatic rings. The molecule has 2 aliphatic carbocycles. The summed E-state index contributed by atoms with van der Waals surface area (Å²) < 4.78 is 4.82. The van der Waals surface area contributed by atoms with E-state index in [9.17, 15) is 9.59 Å². The number of hydrogen-bond acceptors (Lipinski definition) is 4. The number of rotatable bonds is 4. The number of carbonyl (C=O) groups is 2. The molecule has 2 fully saturated rings. The molecule has 0 heterocycles. The first kappa shape index (κ1) is 18.4. The predicted molar refractivity (Wildman–Crippen MR) is 101 cm³/mol. The number of fused-ring (bicyclic) bond motifs is 2. The van der Waals surface area contributed by atoms with Crippen LogP contribution >= 0.6 is 0 Å². The van der Waals surface area contributed by atoms with Gasteiger partial charge in [0.1, 0.15) is 0 Å². The Labute approximate surface area is 154 Å². The van der Waals surface area contributed by atoms with E-state index < -0.39 is 6.09 Å². The van der Waals surface area contributed by atoms with Gasteiger partial charge in [-0.05, 0) is 61.8 Å². The average molecular weight is 357 g/mol. The highest BCUT2D eigenvalue weighted by atomic mass is 16.5. The summed E-state index contributed by atoms with van der Waals surface area (Å²) in [5.41, 5.74) is 5.19. The largest absolute Gasteiger partial charge is 0.450 e. The molecule has 2 N–H and O–H groups in total. The van der Waals surface area contributed by atoms with Crippen LogP contribution in [-0.4, -0.2) is 24.3 Å². The number of hydrogen-bond donors (Lipinski definition) is 2. The van der Waals surface area contributed by atoms with Crippen molar-refractivity contribution in [1.29, 1.82) is 0 Å². The summed E-state index contributed by atoms with van der Waals surface area (Å²) in [7, 11) is 0. The maximum absolute atomic E-state index is 12.4. The average Bonchev–Trinajstić information content (AvgIpc) is 2.93. The van der Waals surface area contributed by atoms with Crippen molar-refractivity contribution in [3.05, 3.63) is 29.8 Å². The van der Waals surface area contributed by atoms with Crippen LogP contribution in [0, 0.1) is 16.7 Å². The molecule has 0 aromatic heterocycles. The Bertz CT molecular complexity index is 739. The van der Waals surface area contributed by atoms with Crippen molar-refractivity contribution in [2.24, 2.45) is 21.8 Å². The van der Waals surface area contributed by atoms with Gasteiger partial charge in [-0.15, -0.1) is 0 Å². The van der Waals surface area contributed by atoms with Gasteiger partial charge in [-0.1, -0.05) is 20.8 Å². The van der Waals surface area contributed by atoms with Gasteiger partial charge in [-0.2, -0.15) is 5.10 Å². The second kappa shape index (κ2) is 6.74. The van der Waals surface area contributed by atoms with Gasteiger partial charge in [0.05, 0.1) is 6.61 Å². The number of amides is 2. The molecule has 1 aromatic carbocycles. The van der Waals surface area contributed by atoms with Crippen molar-refractivity contribution < 1.29 is 14.3 Å². The van der Waals surface area contributed by atoms with Gasteiger partial charge in [0.15, 0.2) is 0 Å². The predicted octanol–water partition coefficient (Wildman–Crippen LogP) is 4.19. The van der Waals surface area contributed by atoms with E-state index in [1.54, 1.807) is 31.2 Å². The number of nitrogens with one attached hydrogen (secondary N) is 2. The molecule has 26 heavy (non-hydrogen) atoms. The minimum atomic E-state index is -0.511. The number of nitrogens with zero attached hydrogens (tertiary/aromatic N) is 1.